The molecule has 2 rings (SSSR count). The summed E-state index contributed by atoms with van der Waals surface area (Å²) in [6, 6.07) is 0.854. The lowest BCUT2D eigenvalue weighted by Gasteiger charge is -2.53. The van der Waals surface area contributed by atoms with E-state index in [4.69, 9.17) is 5.73 Å². The van der Waals surface area contributed by atoms with E-state index in [1.807, 2.05) is 0 Å². The first kappa shape index (κ1) is 14.3. The van der Waals surface area contributed by atoms with E-state index in [0.717, 1.165) is 24.4 Å². The average Bonchev–Trinajstić information content (AvgIpc) is 3.19. The molecule has 2 saturated carbocycles. The van der Waals surface area contributed by atoms with Crippen LogP contribution in [0.25, 0.3) is 0 Å². The van der Waals surface area contributed by atoms with Crippen LogP contribution in [-0.4, -0.2) is 29.6 Å². The molecular weight excluding hydrogens is 220 g/mol. The van der Waals surface area contributed by atoms with Gasteiger partial charge >= 0.3 is 0 Å². The minimum absolute atomic E-state index is 0.323. The van der Waals surface area contributed by atoms with E-state index in [9.17, 15) is 0 Å². The number of nitrogens with two attached hydrogens (primary N) is 1. The van der Waals surface area contributed by atoms with Gasteiger partial charge in [-0.15, -0.1) is 0 Å². The van der Waals surface area contributed by atoms with Crippen molar-refractivity contribution < 1.29 is 0 Å². The van der Waals surface area contributed by atoms with Crippen LogP contribution in [0.5, 0.6) is 0 Å². The first-order valence-corrected chi connectivity index (χ1v) is 8.12. The van der Waals surface area contributed by atoms with Gasteiger partial charge in [-0.1, -0.05) is 33.6 Å². The summed E-state index contributed by atoms with van der Waals surface area (Å²) in [5.74, 6) is 1.58. The predicted octanol–water partition coefficient (Wildman–Crippen LogP) is 3.40. The molecule has 2 heteroatoms. The van der Waals surface area contributed by atoms with E-state index in [2.05, 4.69) is 25.7 Å². The quantitative estimate of drug-likeness (QED) is 0.785. The Bertz CT molecular complexity index is 260. The normalized spacial score (nSPS) is 33.3. The zero-order valence-corrected chi connectivity index (χ0v) is 12.6. The van der Waals surface area contributed by atoms with E-state index < -0.39 is 0 Å². The van der Waals surface area contributed by atoms with Gasteiger partial charge < -0.3 is 5.73 Å². The molecule has 0 aromatic heterocycles. The zero-order chi connectivity index (χ0) is 13.2. The first-order valence-electron chi connectivity index (χ1n) is 8.12. The summed E-state index contributed by atoms with van der Waals surface area (Å²) in [6.45, 7) is 9.24. The molecule has 2 aliphatic rings. The molecular formula is C16H32N2. The summed E-state index contributed by atoms with van der Waals surface area (Å²) >= 11 is 0. The molecule has 2 N–H and O–H groups in total. The van der Waals surface area contributed by atoms with Gasteiger partial charge in [-0.25, -0.2) is 0 Å². The minimum Gasteiger partial charge on any atom is -0.329 e. The van der Waals surface area contributed by atoms with Crippen LogP contribution in [-0.2, 0) is 0 Å². The van der Waals surface area contributed by atoms with Crippen LogP contribution in [0.15, 0.2) is 0 Å². The maximum absolute atomic E-state index is 6.32. The van der Waals surface area contributed by atoms with Crippen molar-refractivity contribution in [3.63, 3.8) is 0 Å². The molecule has 106 valence electrons. The molecule has 0 aromatic rings. The molecule has 0 amide bonds. The predicted molar refractivity (Wildman–Crippen MR) is 78.6 cm³/mol. The number of hydrogen-bond donors (Lipinski definition) is 1. The van der Waals surface area contributed by atoms with E-state index in [1.165, 1.54) is 51.5 Å². The van der Waals surface area contributed by atoms with Gasteiger partial charge in [-0.2, -0.15) is 0 Å². The Morgan fingerprint density at radius 3 is 2.44 bits per heavy atom. The Morgan fingerprint density at radius 2 is 1.94 bits per heavy atom. The molecule has 0 heterocycles. The Hall–Kier alpha value is -0.0800. The Labute approximate surface area is 113 Å². The summed E-state index contributed by atoms with van der Waals surface area (Å²) in [7, 11) is 0. The lowest BCUT2D eigenvalue weighted by Crippen LogP contribution is -2.62. The van der Waals surface area contributed by atoms with Gasteiger partial charge in [0.15, 0.2) is 0 Å². The van der Waals surface area contributed by atoms with E-state index in [1.54, 1.807) is 0 Å². The second-order valence-corrected chi connectivity index (χ2v) is 6.83. The number of nitrogens with zero attached hydrogens (tertiary/aromatic N) is 1. The lowest BCUT2D eigenvalue weighted by molar-refractivity contribution is -0.0198. The second-order valence-electron chi connectivity index (χ2n) is 6.83. The van der Waals surface area contributed by atoms with Gasteiger partial charge in [-0.3, -0.25) is 4.90 Å². The van der Waals surface area contributed by atoms with Gasteiger partial charge in [0.05, 0.1) is 0 Å². The topological polar surface area (TPSA) is 29.3 Å². The molecule has 2 aliphatic carbocycles. The van der Waals surface area contributed by atoms with Crippen LogP contribution in [0.4, 0.5) is 0 Å². The molecule has 0 spiro atoms. The molecule has 2 unspecified atom stereocenters. The van der Waals surface area contributed by atoms with Crippen molar-refractivity contribution in [3.8, 4) is 0 Å². The second kappa shape index (κ2) is 5.92. The molecule has 2 atom stereocenters. The van der Waals surface area contributed by atoms with Crippen LogP contribution in [0.1, 0.15) is 65.7 Å². The summed E-state index contributed by atoms with van der Waals surface area (Å²) in [5.41, 5.74) is 6.64. The molecule has 2 fully saturated rings. The molecule has 0 aromatic carbocycles. The fourth-order valence-corrected chi connectivity index (χ4v) is 4.33. The van der Waals surface area contributed by atoms with Gasteiger partial charge in [0.1, 0.15) is 0 Å². The van der Waals surface area contributed by atoms with Gasteiger partial charge in [0, 0.05) is 18.1 Å². The Kier molecular flexibility index (Phi) is 4.71. The molecule has 0 bridgehead atoms. The summed E-state index contributed by atoms with van der Waals surface area (Å²) in [4.78, 5) is 2.83. The van der Waals surface area contributed by atoms with Gasteiger partial charge in [-0.05, 0) is 50.5 Å². The third-order valence-corrected chi connectivity index (χ3v) is 5.25. The van der Waals surface area contributed by atoms with Crippen LogP contribution in [0.2, 0.25) is 0 Å². The van der Waals surface area contributed by atoms with Crippen molar-refractivity contribution in [2.45, 2.75) is 77.3 Å². The van der Waals surface area contributed by atoms with Crippen LogP contribution in [0, 0.1) is 11.8 Å². The standard InChI is InChI=1S/C16H32N2/c1-4-11-18(14-8-9-14)16(12-17)10-6-5-7-15(16)13(2)3/h13-15H,4-12,17H2,1-3H3. The third-order valence-electron chi connectivity index (χ3n) is 5.25. The van der Waals surface area contributed by atoms with Crippen molar-refractivity contribution in [3.05, 3.63) is 0 Å². The third kappa shape index (κ3) is 2.60. The highest BCUT2D eigenvalue weighted by molar-refractivity contribution is 5.05. The summed E-state index contributed by atoms with van der Waals surface area (Å²) < 4.78 is 0. The molecule has 2 nitrogen and oxygen atoms in total. The van der Waals surface area contributed by atoms with Gasteiger partial charge in [0.25, 0.3) is 0 Å². The molecule has 0 radical (unpaired) electrons. The van der Waals surface area contributed by atoms with E-state index in [0.29, 0.717) is 5.54 Å². The van der Waals surface area contributed by atoms with Crippen molar-refractivity contribution in [1.29, 1.82) is 0 Å². The highest BCUT2D eigenvalue weighted by Gasteiger charge is 2.49. The van der Waals surface area contributed by atoms with Crippen LogP contribution in [0.3, 0.4) is 0 Å². The Morgan fingerprint density at radius 1 is 1.22 bits per heavy atom. The van der Waals surface area contributed by atoms with E-state index >= 15 is 0 Å². The monoisotopic (exact) mass is 252 g/mol. The largest absolute Gasteiger partial charge is 0.329 e. The Balaban J connectivity index is 2.23. The SMILES string of the molecule is CCCN(C1CC1)C1(CN)CCCCC1C(C)C. The van der Waals surface area contributed by atoms with E-state index in [-0.39, 0.29) is 0 Å². The number of rotatable bonds is 6. The lowest BCUT2D eigenvalue weighted by atomic mass is 9.66. The first-order chi connectivity index (χ1) is 8.65. The van der Waals surface area contributed by atoms with Gasteiger partial charge in [0.2, 0.25) is 0 Å². The maximum atomic E-state index is 6.32. The van der Waals surface area contributed by atoms with Crippen molar-refractivity contribution in [1.82, 2.24) is 4.90 Å². The smallest absolute Gasteiger partial charge is 0.0365 e. The average molecular weight is 252 g/mol. The summed E-state index contributed by atoms with van der Waals surface area (Å²) in [5, 5.41) is 0. The molecule has 0 aliphatic heterocycles. The fourth-order valence-electron chi connectivity index (χ4n) is 4.33. The fraction of sp³-hybridized carbons (Fsp3) is 1.00. The van der Waals surface area contributed by atoms with Crippen molar-refractivity contribution in [2.24, 2.45) is 17.6 Å². The number of hydrogen-bond acceptors (Lipinski definition) is 2. The zero-order valence-electron chi connectivity index (χ0n) is 12.6. The molecule has 18 heavy (non-hydrogen) atoms. The van der Waals surface area contributed by atoms with Crippen molar-refractivity contribution >= 4 is 0 Å². The summed E-state index contributed by atoms with van der Waals surface area (Å²) in [6.07, 6.45) is 9.61. The molecule has 0 saturated heterocycles. The van der Waals surface area contributed by atoms with Crippen molar-refractivity contribution in [2.75, 3.05) is 13.1 Å². The van der Waals surface area contributed by atoms with Crippen LogP contribution < -0.4 is 5.73 Å². The highest BCUT2D eigenvalue weighted by Crippen LogP contribution is 2.46. The maximum Gasteiger partial charge on any atom is 0.0365 e. The highest BCUT2D eigenvalue weighted by atomic mass is 15.3. The minimum atomic E-state index is 0.323. The van der Waals surface area contributed by atoms with Crippen LogP contribution >= 0.6 is 0 Å².